The van der Waals surface area contributed by atoms with Crippen molar-refractivity contribution >= 4 is 5.97 Å². The fourth-order valence-electron chi connectivity index (χ4n) is 2.86. The number of hydrogen-bond donors (Lipinski definition) is 1. The van der Waals surface area contributed by atoms with Crippen LogP contribution in [0.2, 0.25) is 0 Å². The topological polar surface area (TPSA) is 37.3 Å². The molecular weight excluding hydrogens is 200 g/mol. The molecule has 0 aromatic rings. The van der Waals surface area contributed by atoms with Crippen LogP contribution in [0.5, 0.6) is 0 Å². The maximum absolute atomic E-state index is 11.1. The van der Waals surface area contributed by atoms with Gasteiger partial charge in [-0.2, -0.15) is 0 Å². The number of carbonyl (C=O) groups is 1. The van der Waals surface area contributed by atoms with E-state index in [0.717, 1.165) is 31.3 Å². The van der Waals surface area contributed by atoms with Gasteiger partial charge >= 0.3 is 5.97 Å². The van der Waals surface area contributed by atoms with Crippen molar-refractivity contribution < 1.29 is 9.90 Å². The highest BCUT2D eigenvalue weighted by Gasteiger charge is 2.32. The normalized spacial score (nSPS) is 27.1. The van der Waals surface area contributed by atoms with Gasteiger partial charge in [-0.05, 0) is 42.4 Å². The van der Waals surface area contributed by atoms with Gasteiger partial charge in [-0.25, -0.2) is 0 Å². The van der Waals surface area contributed by atoms with Gasteiger partial charge in [0.1, 0.15) is 0 Å². The molecule has 0 bridgehead atoms. The first-order chi connectivity index (χ1) is 7.75. The Hall–Kier alpha value is -1.57. The van der Waals surface area contributed by atoms with Crippen LogP contribution in [0.3, 0.4) is 0 Å². The summed E-state index contributed by atoms with van der Waals surface area (Å²) in [5.74, 6) is -0.937. The Bertz CT molecular complexity index is 475. The van der Waals surface area contributed by atoms with Crippen LogP contribution in [-0.2, 0) is 4.79 Å². The van der Waals surface area contributed by atoms with E-state index in [9.17, 15) is 4.79 Å². The Morgan fingerprint density at radius 3 is 3.12 bits per heavy atom. The van der Waals surface area contributed by atoms with Crippen LogP contribution in [0.1, 0.15) is 25.7 Å². The minimum atomic E-state index is -0.672. The first-order valence-corrected chi connectivity index (χ1v) is 5.78. The molecule has 3 rings (SSSR count). The summed E-state index contributed by atoms with van der Waals surface area (Å²) in [6, 6.07) is 0. The Kier molecular flexibility index (Phi) is 2.10. The lowest BCUT2D eigenvalue weighted by atomic mass is 9.85. The molecule has 0 aliphatic heterocycles. The predicted molar refractivity (Wildman–Crippen MR) is 61.9 cm³/mol. The fraction of sp³-hybridized carbons (Fsp3) is 0.357. The molecule has 1 unspecified atom stereocenters. The third-order valence-corrected chi connectivity index (χ3v) is 3.70. The average Bonchev–Trinajstić information content (AvgIpc) is 2.68. The molecule has 0 heterocycles. The molecule has 3 aliphatic carbocycles. The highest BCUT2D eigenvalue weighted by atomic mass is 16.4. The molecule has 2 nitrogen and oxygen atoms in total. The van der Waals surface area contributed by atoms with Crippen molar-refractivity contribution in [2.24, 2.45) is 5.92 Å². The summed E-state index contributed by atoms with van der Waals surface area (Å²) >= 11 is 0. The van der Waals surface area contributed by atoms with Gasteiger partial charge in [0, 0.05) is 0 Å². The van der Waals surface area contributed by atoms with E-state index in [2.05, 4.69) is 24.3 Å². The van der Waals surface area contributed by atoms with Gasteiger partial charge in [0.05, 0.1) is 5.92 Å². The zero-order chi connectivity index (χ0) is 11.1. The molecule has 2 heteroatoms. The lowest BCUT2D eigenvalue weighted by Crippen LogP contribution is -2.13. The second kappa shape index (κ2) is 3.48. The minimum Gasteiger partial charge on any atom is -0.481 e. The van der Waals surface area contributed by atoms with Crippen LogP contribution in [0, 0.1) is 5.92 Å². The molecule has 0 amide bonds. The molecular formula is C14H14O2. The Balaban J connectivity index is 2.01. The number of allylic oxidation sites excluding steroid dienone is 7. The van der Waals surface area contributed by atoms with Crippen molar-refractivity contribution in [2.45, 2.75) is 25.7 Å². The molecule has 0 radical (unpaired) electrons. The number of hydrogen-bond acceptors (Lipinski definition) is 1. The molecule has 0 aromatic heterocycles. The maximum atomic E-state index is 11.1. The summed E-state index contributed by atoms with van der Waals surface area (Å²) < 4.78 is 0. The third-order valence-electron chi connectivity index (χ3n) is 3.70. The molecule has 16 heavy (non-hydrogen) atoms. The van der Waals surface area contributed by atoms with Crippen LogP contribution >= 0.6 is 0 Å². The van der Waals surface area contributed by atoms with Crippen LogP contribution in [0.25, 0.3) is 0 Å². The molecule has 1 N–H and O–H groups in total. The lowest BCUT2D eigenvalue weighted by Gasteiger charge is -2.20. The molecule has 0 saturated heterocycles. The molecule has 0 aromatic carbocycles. The standard InChI is InChI=1S/C14H14O2/c15-14(16)12-6-5-11-7-9-3-1-2-4-10(9)8-13(11)12/h2-4,8,12H,1,5-7H2,(H,15,16). The van der Waals surface area contributed by atoms with Gasteiger partial charge in [-0.1, -0.05) is 29.9 Å². The quantitative estimate of drug-likeness (QED) is 0.728. The zero-order valence-electron chi connectivity index (χ0n) is 9.07. The number of carboxylic acid groups (broad SMARTS) is 1. The van der Waals surface area contributed by atoms with E-state index in [1.54, 1.807) is 0 Å². The monoisotopic (exact) mass is 214 g/mol. The SMILES string of the molecule is O=C(O)C1CCC2=C1C=C1C=CCC=C1C2. The Morgan fingerprint density at radius 1 is 1.44 bits per heavy atom. The molecule has 0 spiro atoms. The average molecular weight is 214 g/mol. The molecule has 82 valence electrons. The fourth-order valence-corrected chi connectivity index (χ4v) is 2.86. The van der Waals surface area contributed by atoms with Gasteiger partial charge in [-0.15, -0.1) is 0 Å². The summed E-state index contributed by atoms with van der Waals surface area (Å²) in [6.07, 6.45) is 12.3. The number of rotatable bonds is 1. The maximum Gasteiger partial charge on any atom is 0.310 e. The Morgan fingerprint density at radius 2 is 2.31 bits per heavy atom. The second-order valence-electron chi connectivity index (χ2n) is 4.63. The lowest BCUT2D eigenvalue weighted by molar-refractivity contribution is -0.140. The van der Waals surface area contributed by atoms with Crippen molar-refractivity contribution in [3.63, 3.8) is 0 Å². The number of fused-ring (bicyclic) bond motifs is 1. The van der Waals surface area contributed by atoms with Gasteiger partial charge in [0.15, 0.2) is 0 Å². The van der Waals surface area contributed by atoms with E-state index in [0.29, 0.717) is 0 Å². The molecule has 1 atom stereocenters. The van der Waals surface area contributed by atoms with Gasteiger partial charge in [0.2, 0.25) is 0 Å². The van der Waals surface area contributed by atoms with E-state index < -0.39 is 5.97 Å². The largest absolute Gasteiger partial charge is 0.481 e. The van der Waals surface area contributed by atoms with Gasteiger partial charge in [-0.3, -0.25) is 4.79 Å². The summed E-state index contributed by atoms with van der Waals surface area (Å²) in [7, 11) is 0. The second-order valence-corrected chi connectivity index (χ2v) is 4.63. The Labute approximate surface area is 94.7 Å². The van der Waals surface area contributed by atoms with Crippen molar-refractivity contribution in [1.82, 2.24) is 0 Å². The van der Waals surface area contributed by atoms with Crippen molar-refractivity contribution in [3.05, 3.63) is 46.6 Å². The minimum absolute atomic E-state index is 0.264. The van der Waals surface area contributed by atoms with Crippen LogP contribution in [-0.4, -0.2) is 11.1 Å². The van der Waals surface area contributed by atoms with E-state index >= 15 is 0 Å². The van der Waals surface area contributed by atoms with E-state index in [4.69, 9.17) is 5.11 Å². The van der Waals surface area contributed by atoms with Gasteiger partial charge < -0.3 is 5.11 Å². The van der Waals surface area contributed by atoms with Crippen molar-refractivity contribution in [2.75, 3.05) is 0 Å². The van der Waals surface area contributed by atoms with Crippen LogP contribution in [0.4, 0.5) is 0 Å². The summed E-state index contributed by atoms with van der Waals surface area (Å²) in [4.78, 5) is 11.1. The molecule has 3 aliphatic rings. The van der Waals surface area contributed by atoms with E-state index in [1.165, 1.54) is 16.7 Å². The van der Waals surface area contributed by atoms with Crippen molar-refractivity contribution in [3.8, 4) is 0 Å². The molecule has 0 saturated carbocycles. The van der Waals surface area contributed by atoms with Gasteiger partial charge in [0.25, 0.3) is 0 Å². The van der Waals surface area contributed by atoms with E-state index in [1.807, 2.05) is 0 Å². The summed E-state index contributed by atoms with van der Waals surface area (Å²) in [5.41, 5.74) is 5.02. The summed E-state index contributed by atoms with van der Waals surface area (Å²) in [6.45, 7) is 0. The predicted octanol–water partition coefficient (Wildman–Crippen LogP) is 2.99. The third kappa shape index (κ3) is 1.37. The zero-order valence-corrected chi connectivity index (χ0v) is 9.07. The first-order valence-electron chi connectivity index (χ1n) is 5.78. The van der Waals surface area contributed by atoms with Crippen LogP contribution < -0.4 is 0 Å². The highest BCUT2D eigenvalue weighted by Crippen LogP contribution is 2.42. The van der Waals surface area contributed by atoms with Crippen molar-refractivity contribution in [1.29, 1.82) is 0 Å². The summed E-state index contributed by atoms with van der Waals surface area (Å²) in [5, 5.41) is 9.15. The van der Waals surface area contributed by atoms with Crippen LogP contribution in [0.15, 0.2) is 46.6 Å². The highest BCUT2D eigenvalue weighted by molar-refractivity contribution is 5.77. The number of aliphatic carboxylic acids is 1. The smallest absolute Gasteiger partial charge is 0.310 e. The first kappa shape index (κ1) is 9.64. The van der Waals surface area contributed by atoms with E-state index in [-0.39, 0.29) is 5.92 Å². The number of carboxylic acids is 1. The molecule has 0 fully saturated rings.